The summed E-state index contributed by atoms with van der Waals surface area (Å²) in [6, 6.07) is 8.48. The molecule has 1 aromatic rings. The van der Waals surface area contributed by atoms with Crippen LogP contribution in [0.3, 0.4) is 0 Å². The van der Waals surface area contributed by atoms with Crippen molar-refractivity contribution in [2.24, 2.45) is 5.92 Å². The summed E-state index contributed by atoms with van der Waals surface area (Å²) in [5.74, 6) is 0.859. The summed E-state index contributed by atoms with van der Waals surface area (Å²) in [5.41, 5.74) is 1.39. The van der Waals surface area contributed by atoms with Crippen LogP contribution in [-0.2, 0) is 6.54 Å². The third-order valence-corrected chi connectivity index (χ3v) is 3.34. The lowest BCUT2D eigenvalue weighted by atomic mass is 10.00. The number of benzene rings is 1. The number of hydrogen-bond acceptors (Lipinski definition) is 2. The van der Waals surface area contributed by atoms with Crippen LogP contribution < -0.4 is 0 Å². The van der Waals surface area contributed by atoms with E-state index in [1.165, 1.54) is 31.5 Å². The van der Waals surface area contributed by atoms with Gasteiger partial charge in [0.15, 0.2) is 0 Å². The molecule has 0 aliphatic carbocycles. The third-order valence-electron chi connectivity index (χ3n) is 3.06. The molecule has 1 atom stereocenters. The Balaban J connectivity index is 1.96. The molecular formula is C13H19NS. The third kappa shape index (κ3) is 3.25. The summed E-state index contributed by atoms with van der Waals surface area (Å²) in [7, 11) is 0. The van der Waals surface area contributed by atoms with Gasteiger partial charge in [0.05, 0.1) is 0 Å². The monoisotopic (exact) mass is 221 g/mol. The second-order valence-corrected chi connectivity index (χ2v) is 5.17. The number of piperidine rings is 1. The van der Waals surface area contributed by atoms with Gasteiger partial charge in [0, 0.05) is 18.0 Å². The lowest BCUT2D eigenvalue weighted by molar-refractivity contribution is 0.176. The molecule has 1 fully saturated rings. The molecule has 0 unspecified atom stereocenters. The van der Waals surface area contributed by atoms with Crippen molar-refractivity contribution in [2.75, 3.05) is 13.1 Å². The summed E-state index contributed by atoms with van der Waals surface area (Å²) >= 11 is 4.37. The van der Waals surface area contributed by atoms with Gasteiger partial charge in [-0.15, -0.1) is 12.6 Å². The zero-order chi connectivity index (χ0) is 10.7. The molecule has 2 rings (SSSR count). The van der Waals surface area contributed by atoms with E-state index in [0.717, 1.165) is 17.4 Å². The fraction of sp³-hybridized carbons (Fsp3) is 0.538. The van der Waals surface area contributed by atoms with Crippen molar-refractivity contribution in [3.05, 3.63) is 29.8 Å². The van der Waals surface area contributed by atoms with Crippen molar-refractivity contribution < 1.29 is 0 Å². The molecule has 0 saturated carbocycles. The second-order valence-electron chi connectivity index (χ2n) is 4.65. The largest absolute Gasteiger partial charge is 0.299 e. The van der Waals surface area contributed by atoms with Crippen molar-refractivity contribution in [2.45, 2.75) is 31.2 Å². The minimum absolute atomic E-state index is 0.859. The summed E-state index contributed by atoms with van der Waals surface area (Å²) in [6.07, 6.45) is 2.74. The molecule has 0 aromatic heterocycles. The first-order valence-electron chi connectivity index (χ1n) is 5.74. The van der Waals surface area contributed by atoms with Crippen LogP contribution in [0.1, 0.15) is 25.3 Å². The van der Waals surface area contributed by atoms with E-state index in [0.29, 0.717) is 0 Å². The van der Waals surface area contributed by atoms with Crippen LogP contribution in [0.5, 0.6) is 0 Å². The van der Waals surface area contributed by atoms with Crippen LogP contribution in [0.25, 0.3) is 0 Å². The topological polar surface area (TPSA) is 3.24 Å². The lowest BCUT2D eigenvalue weighted by Crippen LogP contribution is -2.33. The molecule has 0 spiro atoms. The average molecular weight is 221 g/mol. The molecule has 82 valence electrons. The second kappa shape index (κ2) is 5.04. The lowest BCUT2D eigenvalue weighted by Gasteiger charge is -2.30. The SMILES string of the molecule is C[C@@H]1CCCN(Cc2cccc(S)c2)C1. The Morgan fingerprint density at radius 1 is 1.47 bits per heavy atom. The Morgan fingerprint density at radius 2 is 2.33 bits per heavy atom. The molecule has 1 aromatic carbocycles. The zero-order valence-electron chi connectivity index (χ0n) is 9.32. The maximum absolute atomic E-state index is 4.37. The molecule has 1 aliphatic rings. The van der Waals surface area contributed by atoms with Gasteiger partial charge in [-0.3, -0.25) is 4.90 Å². The number of thiol groups is 1. The Morgan fingerprint density at radius 3 is 3.07 bits per heavy atom. The van der Waals surface area contributed by atoms with Crippen LogP contribution in [0, 0.1) is 5.92 Å². The minimum atomic E-state index is 0.859. The van der Waals surface area contributed by atoms with Gasteiger partial charge in [0.2, 0.25) is 0 Å². The van der Waals surface area contributed by atoms with Crippen molar-refractivity contribution in [3.8, 4) is 0 Å². The summed E-state index contributed by atoms with van der Waals surface area (Å²) < 4.78 is 0. The highest BCUT2D eigenvalue weighted by molar-refractivity contribution is 7.80. The average Bonchev–Trinajstić information content (AvgIpc) is 2.17. The first kappa shape index (κ1) is 11.0. The molecular weight excluding hydrogens is 202 g/mol. The van der Waals surface area contributed by atoms with Crippen molar-refractivity contribution in [1.82, 2.24) is 4.90 Å². The Bertz CT molecular complexity index is 324. The van der Waals surface area contributed by atoms with E-state index in [1.54, 1.807) is 0 Å². The maximum Gasteiger partial charge on any atom is 0.0234 e. The van der Waals surface area contributed by atoms with E-state index in [-0.39, 0.29) is 0 Å². The molecule has 0 bridgehead atoms. The van der Waals surface area contributed by atoms with Gasteiger partial charge < -0.3 is 0 Å². The fourth-order valence-electron chi connectivity index (χ4n) is 2.34. The normalized spacial score (nSPS) is 22.9. The molecule has 1 heterocycles. The van der Waals surface area contributed by atoms with Gasteiger partial charge in [0.25, 0.3) is 0 Å². The van der Waals surface area contributed by atoms with Gasteiger partial charge >= 0.3 is 0 Å². The number of hydrogen-bond donors (Lipinski definition) is 1. The molecule has 1 nitrogen and oxygen atoms in total. The van der Waals surface area contributed by atoms with E-state index in [2.05, 4.69) is 42.7 Å². The summed E-state index contributed by atoms with van der Waals surface area (Å²) in [6.45, 7) is 5.93. The van der Waals surface area contributed by atoms with E-state index >= 15 is 0 Å². The highest BCUT2D eigenvalue weighted by Gasteiger charge is 2.15. The van der Waals surface area contributed by atoms with E-state index in [1.807, 2.05) is 6.07 Å². The van der Waals surface area contributed by atoms with Gasteiger partial charge in [-0.05, 0) is 43.0 Å². The molecule has 0 N–H and O–H groups in total. The van der Waals surface area contributed by atoms with Crippen LogP contribution in [0.2, 0.25) is 0 Å². The standard InChI is InChI=1S/C13H19NS/c1-11-4-3-7-14(9-11)10-12-5-2-6-13(15)8-12/h2,5-6,8,11,15H,3-4,7,9-10H2,1H3/t11-/m1/s1. The van der Waals surface area contributed by atoms with Crippen LogP contribution in [0.4, 0.5) is 0 Å². The molecule has 0 amide bonds. The predicted octanol–water partition coefficient (Wildman–Crippen LogP) is 3.21. The number of nitrogens with zero attached hydrogens (tertiary/aromatic N) is 1. The van der Waals surface area contributed by atoms with Gasteiger partial charge in [-0.2, -0.15) is 0 Å². The first-order valence-corrected chi connectivity index (χ1v) is 6.19. The molecule has 0 radical (unpaired) electrons. The zero-order valence-corrected chi connectivity index (χ0v) is 10.2. The molecule has 1 aliphatic heterocycles. The minimum Gasteiger partial charge on any atom is -0.299 e. The Kier molecular flexibility index (Phi) is 3.71. The van der Waals surface area contributed by atoms with Crippen LogP contribution in [0.15, 0.2) is 29.2 Å². The summed E-state index contributed by atoms with van der Waals surface area (Å²) in [4.78, 5) is 3.62. The molecule has 1 saturated heterocycles. The van der Waals surface area contributed by atoms with E-state index in [4.69, 9.17) is 0 Å². The first-order chi connectivity index (χ1) is 7.24. The van der Waals surface area contributed by atoms with Gasteiger partial charge in [0.1, 0.15) is 0 Å². The summed E-state index contributed by atoms with van der Waals surface area (Å²) in [5, 5.41) is 0. The highest BCUT2D eigenvalue weighted by Crippen LogP contribution is 2.18. The maximum atomic E-state index is 4.37. The van der Waals surface area contributed by atoms with Crippen LogP contribution >= 0.6 is 12.6 Å². The molecule has 15 heavy (non-hydrogen) atoms. The quantitative estimate of drug-likeness (QED) is 0.751. The van der Waals surface area contributed by atoms with E-state index in [9.17, 15) is 0 Å². The predicted molar refractivity (Wildman–Crippen MR) is 67.4 cm³/mol. The number of likely N-dealkylation sites (tertiary alicyclic amines) is 1. The Labute approximate surface area is 97.9 Å². The molecule has 2 heteroatoms. The fourth-order valence-corrected chi connectivity index (χ4v) is 2.60. The van der Waals surface area contributed by atoms with Crippen molar-refractivity contribution in [1.29, 1.82) is 0 Å². The highest BCUT2D eigenvalue weighted by atomic mass is 32.1. The smallest absolute Gasteiger partial charge is 0.0234 e. The number of rotatable bonds is 2. The van der Waals surface area contributed by atoms with Gasteiger partial charge in [-0.1, -0.05) is 19.1 Å². The van der Waals surface area contributed by atoms with Crippen LogP contribution in [-0.4, -0.2) is 18.0 Å². The van der Waals surface area contributed by atoms with Crippen molar-refractivity contribution in [3.63, 3.8) is 0 Å². The van der Waals surface area contributed by atoms with Crippen molar-refractivity contribution >= 4 is 12.6 Å². The van der Waals surface area contributed by atoms with E-state index < -0.39 is 0 Å². The Hall–Kier alpha value is -0.470. The van der Waals surface area contributed by atoms with Gasteiger partial charge in [-0.25, -0.2) is 0 Å².